The summed E-state index contributed by atoms with van der Waals surface area (Å²) < 4.78 is 10.3. The molecule has 2 atom stereocenters. The number of nitrogens with two attached hydrogens (primary N) is 1. The van der Waals surface area contributed by atoms with Crippen molar-refractivity contribution in [2.45, 2.75) is 65.1 Å². The Bertz CT molecular complexity index is 370. The first-order chi connectivity index (χ1) is 9.45. The van der Waals surface area contributed by atoms with Gasteiger partial charge in [-0.05, 0) is 41.0 Å². The van der Waals surface area contributed by atoms with Crippen LogP contribution in [0.15, 0.2) is 0 Å². The lowest BCUT2D eigenvalue weighted by molar-refractivity contribution is -0.167. The smallest absolute Gasteiger partial charge is 0.322 e. The second-order valence-electron chi connectivity index (χ2n) is 6.79. The van der Waals surface area contributed by atoms with E-state index in [0.717, 1.165) is 0 Å². The molecule has 122 valence electrons. The summed E-state index contributed by atoms with van der Waals surface area (Å²) in [5.74, 6) is -0.687. The van der Waals surface area contributed by atoms with Gasteiger partial charge in [0.25, 0.3) is 0 Å². The van der Waals surface area contributed by atoms with Gasteiger partial charge in [-0.2, -0.15) is 0 Å². The summed E-state index contributed by atoms with van der Waals surface area (Å²) in [4.78, 5) is 23.9. The van der Waals surface area contributed by atoms with Gasteiger partial charge in [-0.1, -0.05) is 0 Å². The standard InChI is InChI=1S/C14H29BN2O4/c1-9(16)7-10(17-15)11(18)21-14(4,5)8-13(2,3)12(19)20-6/h9-10,17H,7-8,15-16H2,1-6H3. The van der Waals surface area contributed by atoms with Gasteiger partial charge in [-0.3, -0.25) is 9.59 Å². The molecule has 6 nitrogen and oxygen atoms in total. The summed E-state index contributed by atoms with van der Waals surface area (Å²) in [5, 5.41) is 2.91. The van der Waals surface area contributed by atoms with Gasteiger partial charge in [0.2, 0.25) is 0 Å². The third-order valence-corrected chi connectivity index (χ3v) is 3.22. The average molecular weight is 300 g/mol. The van der Waals surface area contributed by atoms with Crippen LogP contribution in [0.3, 0.4) is 0 Å². The molecule has 0 radical (unpaired) electrons. The molecule has 0 spiro atoms. The maximum Gasteiger partial charge on any atom is 0.322 e. The Balaban J connectivity index is 4.79. The van der Waals surface area contributed by atoms with Crippen LogP contribution >= 0.6 is 0 Å². The Morgan fingerprint density at radius 3 is 2.19 bits per heavy atom. The lowest BCUT2D eigenvalue weighted by Crippen LogP contribution is -2.45. The number of esters is 2. The molecule has 0 rings (SSSR count). The monoisotopic (exact) mass is 300 g/mol. The summed E-state index contributed by atoms with van der Waals surface area (Å²) in [6, 6.07) is -0.560. The largest absolute Gasteiger partial charge is 0.469 e. The maximum atomic E-state index is 12.2. The molecule has 3 N–H and O–H groups in total. The SMILES string of the molecule is BNC(CC(C)N)C(=O)OC(C)(C)CC(C)(C)C(=O)OC. The van der Waals surface area contributed by atoms with Crippen LogP contribution in [-0.4, -0.2) is 44.7 Å². The summed E-state index contributed by atoms with van der Waals surface area (Å²) in [5.41, 5.74) is 4.22. The highest BCUT2D eigenvalue weighted by Crippen LogP contribution is 2.31. The zero-order valence-corrected chi connectivity index (χ0v) is 14.3. The highest BCUT2D eigenvalue weighted by molar-refractivity contribution is 6.06. The fourth-order valence-corrected chi connectivity index (χ4v) is 2.50. The second-order valence-corrected chi connectivity index (χ2v) is 6.79. The molecule has 0 aliphatic heterocycles. The second kappa shape index (κ2) is 7.80. The Morgan fingerprint density at radius 2 is 1.81 bits per heavy atom. The van der Waals surface area contributed by atoms with Crippen LogP contribution in [0, 0.1) is 5.41 Å². The quantitative estimate of drug-likeness (QED) is 0.489. The Morgan fingerprint density at radius 1 is 1.29 bits per heavy atom. The number of carbonyl (C=O) groups excluding carboxylic acids is 2. The first-order valence-corrected chi connectivity index (χ1v) is 7.19. The molecular formula is C14H29BN2O4. The third kappa shape index (κ3) is 6.95. The number of carbonyl (C=O) groups is 2. The molecule has 0 saturated carbocycles. The number of ether oxygens (including phenoxy) is 2. The number of nitrogens with one attached hydrogen (secondary N) is 1. The molecule has 0 fully saturated rings. The van der Waals surface area contributed by atoms with Gasteiger partial charge in [0, 0.05) is 12.5 Å². The highest BCUT2D eigenvalue weighted by Gasteiger charge is 2.38. The Hall–Kier alpha value is -1.08. The van der Waals surface area contributed by atoms with E-state index in [1.165, 1.54) is 7.11 Å². The fourth-order valence-electron chi connectivity index (χ4n) is 2.50. The van der Waals surface area contributed by atoms with Crippen molar-refractivity contribution < 1.29 is 19.1 Å². The average Bonchev–Trinajstić information content (AvgIpc) is 2.32. The van der Waals surface area contributed by atoms with Gasteiger partial charge in [-0.25, -0.2) is 0 Å². The molecule has 0 aromatic carbocycles. The van der Waals surface area contributed by atoms with Crippen LogP contribution in [0.1, 0.15) is 47.5 Å². The van der Waals surface area contributed by atoms with Gasteiger partial charge in [0.15, 0.2) is 7.98 Å². The van der Waals surface area contributed by atoms with E-state index in [2.05, 4.69) is 5.23 Å². The van der Waals surface area contributed by atoms with E-state index >= 15 is 0 Å². The van der Waals surface area contributed by atoms with Crippen molar-refractivity contribution in [3.8, 4) is 0 Å². The van der Waals surface area contributed by atoms with Gasteiger partial charge in [0.05, 0.1) is 18.6 Å². The van der Waals surface area contributed by atoms with Crippen molar-refractivity contribution in [2.75, 3.05) is 7.11 Å². The molecule has 0 aliphatic carbocycles. The van der Waals surface area contributed by atoms with Crippen molar-refractivity contribution in [3.63, 3.8) is 0 Å². The Kier molecular flexibility index (Phi) is 7.40. The summed E-state index contributed by atoms with van der Waals surface area (Å²) in [6.45, 7) is 8.95. The maximum absolute atomic E-state index is 12.2. The fraction of sp³-hybridized carbons (Fsp3) is 0.857. The highest BCUT2D eigenvalue weighted by atomic mass is 16.6. The minimum absolute atomic E-state index is 0.107. The molecule has 7 heteroatoms. The van der Waals surface area contributed by atoms with E-state index < -0.39 is 17.1 Å². The first-order valence-electron chi connectivity index (χ1n) is 7.19. The molecule has 0 saturated heterocycles. The topological polar surface area (TPSA) is 90.6 Å². The van der Waals surface area contributed by atoms with Crippen molar-refractivity contribution in [3.05, 3.63) is 0 Å². The van der Waals surface area contributed by atoms with E-state index in [1.54, 1.807) is 35.7 Å². The van der Waals surface area contributed by atoms with E-state index in [1.807, 2.05) is 6.92 Å². The summed E-state index contributed by atoms with van der Waals surface area (Å²) >= 11 is 0. The van der Waals surface area contributed by atoms with Crippen LogP contribution in [0.2, 0.25) is 0 Å². The van der Waals surface area contributed by atoms with Crippen molar-refractivity contribution in [1.29, 1.82) is 0 Å². The van der Waals surface area contributed by atoms with Gasteiger partial charge < -0.3 is 20.4 Å². The van der Waals surface area contributed by atoms with Crippen molar-refractivity contribution in [2.24, 2.45) is 11.1 Å². The van der Waals surface area contributed by atoms with Crippen LogP contribution in [0.4, 0.5) is 0 Å². The zero-order valence-electron chi connectivity index (χ0n) is 14.3. The number of hydrogen-bond acceptors (Lipinski definition) is 6. The molecule has 0 amide bonds. The van der Waals surface area contributed by atoms with Crippen LogP contribution in [-0.2, 0) is 19.1 Å². The molecule has 0 aromatic rings. The molecule has 21 heavy (non-hydrogen) atoms. The molecule has 0 aromatic heterocycles. The first kappa shape index (κ1) is 19.9. The predicted molar refractivity (Wildman–Crippen MR) is 84.3 cm³/mol. The zero-order chi connectivity index (χ0) is 16.8. The molecule has 0 bridgehead atoms. The third-order valence-electron chi connectivity index (χ3n) is 3.22. The van der Waals surface area contributed by atoms with Crippen molar-refractivity contribution in [1.82, 2.24) is 5.23 Å². The summed E-state index contributed by atoms with van der Waals surface area (Å²) in [6.07, 6.45) is 0.860. The van der Waals surface area contributed by atoms with Gasteiger partial charge in [0.1, 0.15) is 5.60 Å². The minimum Gasteiger partial charge on any atom is -0.469 e. The van der Waals surface area contributed by atoms with Crippen LogP contribution in [0.5, 0.6) is 0 Å². The van der Waals surface area contributed by atoms with Gasteiger partial charge >= 0.3 is 11.9 Å². The van der Waals surface area contributed by atoms with Gasteiger partial charge in [-0.15, -0.1) is 0 Å². The molecule has 0 aliphatic rings. The van der Waals surface area contributed by atoms with E-state index in [9.17, 15) is 9.59 Å². The number of methoxy groups -OCH3 is 1. The molecule has 2 unspecified atom stereocenters. The minimum atomic E-state index is -0.776. The lowest BCUT2D eigenvalue weighted by Gasteiger charge is -2.34. The normalized spacial score (nSPS) is 15.2. The number of hydrogen-bond donors (Lipinski definition) is 2. The predicted octanol–water partition coefficient (Wildman–Crippen LogP) is 0.141. The Labute approximate surface area is 128 Å². The molecular weight excluding hydrogens is 271 g/mol. The lowest BCUT2D eigenvalue weighted by atomic mass is 9.81. The van der Waals surface area contributed by atoms with Crippen LogP contribution < -0.4 is 11.0 Å². The summed E-state index contributed by atoms with van der Waals surface area (Å²) in [7, 11) is 3.04. The van der Waals surface area contributed by atoms with E-state index in [0.29, 0.717) is 12.8 Å². The number of rotatable bonds is 8. The van der Waals surface area contributed by atoms with E-state index in [-0.39, 0.29) is 18.0 Å². The molecule has 0 heterocycles. The van der Waals surface area contributed by atoms with Crippen LogP contribution in [0.25, 0.3) is 0 Å². The van der Waals surface area contributed by atoms with Crippen molar-refractivity contribution >= 4 is 19.9 Å². The van der Waals surface area contributed by atoms with E-state index in [4.69, 9.17) is 15.2 Å².